The number of benzene rings is 1. The number of halogens is 1. The van der Waals surface area contributed by atoms with E-state index >= 15 is 0 Å². The third kappa shape index (κ3) is 4.37. The molecule has 11 heteroatoms. The van der Waals surface area contributed by atoms with Gasteiger partial charge in [-0.25, -0.2) is 9.78 Å². The standard InChI is InChI=1S/C29H34ClN7O2Si/c1-34-23-16-32-28-25(26(23)37(29(34)38)21-12-18(13-21)8-9-31)24(19-6-7-22-20(14-19)15-33-35(22)2)27(30)36(28)17-39-10-11-40(3,4)5/h6-7,14-16,18,21H,8,10-13,17H2,1-5H3/t18-,21+. The van der Waals surface area contributed by atoms with Crippen molar-refractivity contribution >= 4 is 52.6 Å². The first-order chi connectivity index (χ1) is 19.1. The fourth-order valence-electron chi connectivity index (χ4n) is 5.88. The van der Waals surface area contributed by atoms with E-state index in [2.05, 4.69) is 42.9 Å². The summed E-state index contributed by atoms with van der Waals surface area (Å²) in [6, 6.07) is 9.55. The molecule has 1 aromatic carbocycles. The Bertz CT molecular complexity index is 1860. The molecule has 1 aliphatic carbocycles. The highest BCUT2D eigenvalue weighted by Gasteiger charge is 2.35. The minimum absolute atomic E-state index is 0.0314. The van der Waals surface area contributed by atoms with Gasteiger partial charge in [0.25, 0.3) is 0 Å². The van der Waals surface area contributed by atoms with Crippen molar-refractivity contribution in [3.63, 3.8) is 0 Å². The van der Waals surface area contributed by atoms with E-state index in [1.807, 2.05) is 33.1 Å². The van der Waals surface area contributed by atoms with E-state index in [4.69, 9.17) is 21.3 Å². The van der Waals surface area contributed by atoms with Crippen molar-refractivity contribution < 1.29 is 4.74 Å². The lowest BCUT2D eigenvalue weighted by molar-refractivity contribution is 0.0901. The molecular formula is C29H34ClN7O2Si. The molecule has 6 rings (SSSR count). The first-order valence-corrected chi connectivity index (χ1v) is 17.8. The van der Waals surface area contributed by atoms with Crippen molar-refractivity contribution in [2.45, 2.75) is 57.7 Å². The molecule has 1 aliphatic rings. The number of ether oxygens (including phenoxy) is 1. The summed E-state index contributed by atoms with van der Waals surface area (Å²) in [6.45, 7) is 7.92. The molecule has 0 bridgehead atoms. The Morgan fingerprint density at radius 1 is 1.18 bits per heavy atom. The molecule has 9 nitrogen and oxygen atoms in total. The van der Waals surface area contributed by atoms with Crippen LogP contribution in [0.3, 0.4) is 0 Å². The zero-order valence-corrected chi connectivity index (χ0v) is 25.4. The maximum Gasteiger partial charge on any atom is 0.329 e. The Hall–Kier alpha value is -3.39. The van der Waals surface area contributed by atoms with Gasteiger partial charge in [0.15, 0.2) is 0 Å². The first kappa shape index (κ1) is 26.8. The topological polar surface area (TPSA) is 95.6 Å². The van der Waals surface area contributed by atoms with E-state index < -0.39 is 8.07 Å². The lowest BCUT2D eigenvalue weighted by Crippen LogP contribution is -2.34. The van der Waals surface area contributed by atoms with Gasteiger partial charge in [0.1, 0.15) is 17.5 Å². The van der Waals surface area contributed by atoms with Crippen molar-refractivity contribution in [1.29, 1.82) is 5.26 Å². The SMILES string of the molecule is Cn1ncc2cc(-c3c(Cl)n(COCC[Si](C)(C)C)c4ncc5c(c34)n([C@H]3C[C@@H](CC#N)C3)c(=O)n5C)ccc21. The highest BCUT2D eigenvalue weighted by atomic mass is 35.5. The van der Waals surface area contributed by atoms with Gasteiger partial charge in [-0.3, -0.25) is 18.4 Å². The summed E-state index contributed by atoms with van der Waals surface area (Å²) >= 11 is 7.20. The summed E-state index contributed by atoms with van der Waals surface area (Å²) in [6.07, 6.45) is 5.74. The number of hydrogen-bond acceptors (Lipinski definition) is 5. The molecule has 1 saturated carbocycles. The number of pyridine rings is 1. The molecule has 4 aromatic heterocycles. The average molecular weight is 576 g/mol. The van der Waals surface area contributed by atoms with Gasteiger partial charge in [0.2, 0.25) is 0 Å². The number of aromatic nitrogens is 6. The van der Waals surface area contributed by atoms with Crippen LogP contribution in [-0.4, -0.2) is 43.1 Å². The largest absolute Gasteiger partial charge is 0.361 e. The van der Waals surface area contributed by atoms with E-state index in [1.165, 1.54) is 0 Å². The molecular weight excluding hydrogens is 542 g/mol. The number of hydrogen-bond donors (Lipinski definition) is 0. The molecule has 0 unspecified atom stereocenters. The monoisotopic (exact) mass is 575 g/mol. The molecule has 208 valence electrons. The molecule has 0 N–H and O–H groups in total. The zero-order chi connectivity index (χ0) is 28.3. The van der Waals surface area contributed by atoms with Gasteiger partial charge >= 0.3 is 5.69 Å². The highest BCUT2D eigenvalue weighted by molar-refractivity contribution is 6.76. The maximum absolute atomic E-state index is 13.6. The number of aryl methyl sites for hydroxylation is 2. The number of imidazole rings is 1. The first-order valence-electron chi connectivity index (χ1n) is 13.7. The van der Waals surface area contributed by atoms with E-state index in [9.17, 15) is 10.1 Å². The molecule has 1 fully saturated rings. The quantitative estimate of drug-likeness (QED) is 0.165. The van der Waals surface area contributed by atoms with Crippen LogP contribution < -0.4 is 5.69 Å². The Balaban J connectivity index is 1.57. The molecule has 0 saturated heterocycles. The normalized spacial score (nSPS) is 17.6. The summed E-state index contributed by atoms with van der Waals surface area (Å²) < 4.78 is 13.5. The van der Waals surface area contributed by atoms with Crippen molar-refractivity contribution in [3.05, 3.63) is 46.2 Å². The van der Waals surface area contributed by atoms with Gasteiger partial charge < -0.3 is 4.74 Å². The maximum atomic E-state index is 13.6. The van der Waals surface area contributed by atoms with Crippen LogP contribution in [-0.2, 0) is 25.6 Å². The van der Waals surface area contributed by atoms with E-state index in [0.29, 0.717) is 29.7 Å². The molecule has 5 aromatic rings. The second-order valence-electron chi connectivity index (χ2n) is 12.2. The van der Waals surface area contributed by atoms with Crippen molar-refractivity contribution in [1.82, 2.24) is 28.5 Å². The fraction of sp³-hybridized carbons (Fsp3) is 0.448. The van der Waals surface area contributed by atoms with Gasteiger partial charge in [0.05, 0.1) is 40.4 Å². The summed E-state index contributed by atoms with van der Waals surface area (Å²) in [7, 11) is 2.46. The predicted molar refractivity (Wildman–Crippen MR) is 161 cm³/mol. The second kappa shape index (κ2) is 9.91. The Morgan fingerprint density at radius 2 is 1.95 bits per heavy atom. The van der Waals surface area contributed by atoms with Crippen LogP contribution in [0.25, 0.3) is 44.1 Å². The van der Waals surface area contributed by atoms with Crippen molar-refractivity contribution in [3.8, 4) is 17.2 Å². The molecule has 0 aliphatic heterocycles. The molecule has 0 radical (unpaired) electrons. The number of fused-ring (bicyclic) bond motifs is 4. The summed E-state index contributed by atoms with van der Waals surface area (Å²) in [5, 5.41) is 16.0. The minimum Gasteiger partial charge on any atom is -0.361 e. The van der Waals surface area contributed by atoms with Gasteiger partial charge in [-0.15, -0.1) is 0 Å². The number of rotatable bonds is 8. The van der Waals surface area contributed by atoms with E-state index in [1.54, 1.807) is 17.8 Å². The van der Waals surface area contributed by atoms with Gasteiger partial charge in [0, 0.05) is 52.2 Å². The fourth-order valence-corrected chi connectivity index (χ4v) is 6.97. The zero-order valence-electron chi connectivity index (χ0n) is 23.6. The molecule has 4 heterocycles. The lowest BCUT2D eigenvalue weighted by atomic mass is 9.78. The number of nitrogens with zero attached hydrogens (tertiary/aromatic N) is 7. The van der Waals surface area contributed by atoms with Crippen LogP contribution in [0, 0.1) is 17.2 Å². The summed E-state index contributed by atoms with van der Waals surface area (Å²) in [5.74, 6) is 0.315. The Labute approximate surface area is 238 Å². The second-order valence-corrected chi connectivity index (χ2v) is 18.2. The van der Waals surface area contributed by atoms with Gasteiger partial charge in [-0.1, -0.05) is 37.3 Å². The van der Waals surface area contributed by atoms with Crippen LogP contribution in [0.4, 0.5) is 0 Å². The van der Waals surface area contributed by atoms with E-state index in [0.717, 1.165) is 57.3 Å². The summed E-state index contributed by atoms with van der Waals surface area (Å²) in [4.78, 5) is 18.5. The van der Waals surface area contributed by atoms with Crippen molar-refractivity contribution in [2.24, 2.45) is 20.0 Å². The van der Waals surface area contributed by atoms with Crippen LogP contribution in [0.1, 0.15) is 25.3 Å². The molecule has 0 atom stereocenters. The van der Waals surface area contributed by atoms with Crippen LogP contribution in [0.5, 0.6) is 0 Å². The smallest absolute Gasteiger partial charge is 0.329 e. The number of nitriles is 1. The Kier molecular flexibility index (Phi) is 6.64. The third-order valence-corrected chi connectivity index (χ3v) is 10.4. The van der Waals surface area contributed by atoms with Gasteiger partial charge in [-0.2, -0.15) is 10.4 Å². The minimum atomic E-state index is -1.26. The van der Waals surface area contributed by atoms with E-state index in [-0.39, 0.29) is 18.5 Å². The highest BCUT2D eigenvalue weighted by Crippen LogP contribution is 2.45. The predicted octanol–water partition coefficient (Wildman–Crippen LogP) is 6.07. The van der Waals surface area contributed by atoms with Crippen LogP contribution in [0.2, 0.25) is 30.8 Å². The molecule has 0 spiro atoms. The van der Waals surface area contributed by atoms with Gasteiger partial charge in [-0.05, 0) is 42.5 Å². The van der Waals surface area contributed by atoms with Crippen LogP contribution >= 0.6 is 11.6 Å². The molecule has 40 heavy (non-hydrogen) atoms. The van der Waals surface area contributed by atoms with Crippen LogP contribution in [0.15, 0.2) is 35.4 Å². The third-order valence-electron chi connectivity index (χ3n) is 8.26. The lowest BCUT2D eigenvalue weighted by Gasteiger charge is -2.34. The summed E-state index contributed by atoms with van der Waals surface area (Å²) in [5.41, 5.74) is 5.01. The molecule has 0 amide bonds. The van der Waals surface area contributed by atoms with Crippen molar-refractivity contribution in [2.75, 3.05) is 6.61 Å². The Morgan fingerprint density at radius 3 is 2.67 bits per heavy atom. The average Bonchev–Trinajstić information content (AvgIpc) is 3.48.